The number of methoxy groups -OCH3 is 1. The van der Waals surface area contributed by atoms with Gasteiger partial charge in [-0.15, -0.1) is 24.0 Å². The van der Waals surface area contributed by atoms with E-state index >= 15 is 0 Å². The highest BCUT2D eigenvalue weighted by Crippen LogP contribution is 2.21. The third kappa shape index (κ3) is 10.5. The summed E-state index contributed by atoms with van der Waals surface area (Å²) in [5.74, 6) is 2.26. The number of hydrogen-bond donors (Lipinski definition) is 2. The van der Waals surface area contributed by atoms with Gasteiger partial charge in [-0.05, 0) is 56.2 Å². The number of rotatable bonds is 11. The third-order valence-corrected chi connectivity index (χ3v) is 4.99. The molecule has 1 aliphatic heterocycles. The Morgan fingerprint density at radius 2 is 1.93 bits per heavy atom. The molecule has 1 aromatic carbocycles. The molecule has 1 aromatic rings. The molecule has 166 valence electrons. The van der Waals surface area contributed by atoms with E-state index in [1.54, 1.807) is 7.11 Å². The number of guanidine groups is 1. The fourth-order valence-corrected chi connectivity index (χ4v) is 3.20. The largest absolute Gasteiger partial charge is 0.497 e. The molecule has 6 nitrogen and oxygen atoms in total. The van der Waals surface area contributed by atoms with Crippen molar-refractivity contribution in [2.45, 2.75) is 51.6 Å². The maximum absolute atomic E-state index is 5.90. The van der Waals surface area contributed by atoms with E-state index in [4.69, 9.17) is 14.2 Å². The molecule has 7 heteroatoms. The quantitative estimate of drug-likeness (QED) is 0.201. The van der Waals surface area contributed by atoms with Gasteiger partial charge in [0, 0.05) is 39.5 Å². The number of aliphatic imine (C=N–C) groups is 1. The van der Waals surface area contributed by atoms with Gasteiger partial charge in [0.1, 0.15) is 5.75 Å². The van der Waals surface area contributed by atoms with Crippen LogP contribution in [0.3, 0.4) is 0 Å². The first-order valence-electron chi connectivity index (χ1n) is 10.6. The molecule has 0 amide bonds. The topological polar surface area (TPSA) is 64.1 Å². The van der Waals surface area contributed by atoms with Crippen molar-refractivity contribution in [1.82, 2.24) is 10.6 Å². The number of nitrogens with zero attached hydrogens (tertiary/aromatic N) is 1. The van der Waals surface area contributed by atoms with Gasteiger partial charge in [-0.2, -0.15) is 0 Å². The second-order valence-corrected chi connectivity index (χ2v) is 7.19. The van der Waals surface area contributed by atoms with Gasteiger partial charge in [0.05, 0.1) is 13.2 Å². The van der Waals surface area contributed by atoms with Crippen LogP contribution in [0, 0.1) is 0 Å². The van der Waals surface area contributed by atoms with Crippen LogP contribution in [0.25, 0.3) is 0 Å². The number of halogens is 1. The lowest BCUT2D eigenvalue weighted by molar-refractivity contribution is -0.0318. The summed E-state index contributed by atoms with van der Waals surface area (Å²) in [4.78, 5) is 4.66. The molecular weight excluding hydrogens is 481 g/mol. The Morgan fingerprint density at radius 3 is 2.59 bits per heavy atom. The molecule has 0 saturated carbocycles. The molecule has 0 bridgehead atoms. The van der Waals surface area contributed by atoms with Crippen molar-refractivity contribution in [3.8, 4) is 5.75 Å². The van der Waals surface area contributed by atoms with Gasteiger partial charge in [-0.3, -0.25) is 4.99 Å². The molecular formula is C22H38IN3O3. The Labute approximate surface area is 193 Å². The predicted octanol–water partition coefficient (Wildman–Crippen LogP) is 3.95. The van der Waals surface area contributed by atoms with Gasteiger partial charge in [-0.1, -0.05) is 19.1 Å². The van der Waals surface area contributed by atoms with E-state index in [-0.39, 0.29) is 24.0 Å². The molecule has 0 aromatic heterocycles. The molecule has 1 atom stereocenters. The lowest BCUT2D eigenvalue weighted by Crippen LogP contribution is -2.38. The van der Waals surface area contributed by atoms with Crippen molar-refractivity contribution < 1.29 is 14.2 Å². The Balaban J connectivity index is 0.00000420. The molecule has 1 heterocycles. The van der Waals surface area contributed by atoms with Gasteiger partial charge in [0.2, 0.25) is 0 Å². The fourth-order valence-electron chi connectivity index (χ4n) is 3.20. The Kier molecular flexibility index (Phi) is 14.1. The summed E-state index contributed by atoms with van der Waals surface area (Å²) in [6, 6.07) is 8.32. The van der Waals surface area contributed by atoms with Crippen LogP contribution in [-0.2, 0) is 9.47 Å². The first kappa shape index (κ1) is 26.0. The highest BCUT2D eigenvalue weighted by Gasteiger charge is 2.13. The Bertz CT molecular complexity index is 563. The molecule has 2 rings (SSSR count). The zero-order chi connectivity index (χ0) is 20.0. The van der Waals surface area contributed by atoms with E-state index in [0.717, 1.165) is 76.8 Å². The average Bonchev–Trinajstić information content (AvgIpc) is 2.74. The summed E-state index contributed by atoms with van der Waals surface area (Å²) in [6.07, 6.45) is 4.38. The Hall–Kier alpha value is -1.06. The lowest BCUT2D eigenvalue weighted by atomic mass is 9.98. The Morgan fingerprint density at radius 1 is 1.21 bits per heavy atom. The van der Waals surface area contributed by atoms with Gasteiger partial charge in [0.15, 0.2) is 5.96 Å². The predicted molar refractivity (Wildman–Crippen MR) is 130 cm³/mol. The fraction of sp³-hybridized carbons (Fsp3) is 0.682. The minimum absolute atomic E-state index is 0. The van der Waals surface area contributed by atoms with Crippen molar-refractivity contribution in [3.05, 3.63) is 29.8 Å². The molecule has 0 spiro atoms. The molecule has 1 unspecified atom stereocenters. The zero-order valence-corrected chi connectivity index (χ0v) is 20.4. The van der Waals surface area contributed by atoms with E-state index < -0.39 is 0 Å². The molecule has 1 fully saturated rings. The highest BCUT2D eigenvalue weighted by molar-refractivity contribution is 14.0. The second kappa shape index (κ2) is 15.7. The standard InChI is InChI=1S/C22H37N3O3.HI/c1-4-23-22(24-13-5-15-28-21-11-16-27-17-12-21)25-14-10-18(2)19-6-8-20(26-3)9-7-19;/h6-9,18,21H,4-5,10-17H2,1-3H3,(H2,23,24,25);1H. The molecule has 0 radical (unpaired) electrons. The van der Waals surface area contributed by atoms with E-state index in [0.29, 0.717) is 12.0 Å². The second-order valence-electron chi connectivity index (χ2n) is 7.19. The molecule has 1 saturated heterocycles. The van der Waals surface area contributed by atoms with Crippen LogP contribution in [-0.4, -0.2) is 58.6 Å². The minimum Gasteiger partial charge on any atom is -0.497 e. The van der Waals surface area contributed by atoms with E-state index in [1.807, 2.05) is 12.1 Å². The number of benzene rings is 1. The molecule has 2 N–H and O–H groups in total. The maximum Gasteiger partial charge on any atom is 0.191 e. The van der Waals surface area contributed by atoms with Crippen LogP contribution in [0.5, 0.6) is 5.75 Å². The van der Waals surface area contributed by atoms with Crippen LogP contribution >= 0.6 is 24.0 Å². The molecule has 29 heavy (non-hydrogen) atoms. The lowest BCUT2D eigenvalue weighted by Gasteiger charge is -2.22. The summed E-state index contributed by atoms with van der Waals surface area (Å²) in [7, 11) is 1.70. The summed E-state index contributed by atoms with van der Waals surface area (Å²) in [5, 5.41) is 6.76. The summed E-state index contributed by atoms with van der Waals surface area (Å²) < 4.78 is 16.5. The highest BCUT2D eigenvalue weighted by atomic mass is 127. The molecule has 0 aliphatic carbocycles. The van der Waals surface area contributed by atoms with Crippen molar-refractivity contribution in [3.63, 3.8) is 0 Å². The normalized spacial score (nSPS) is 16.0. The van der Waals surface area contributed by atoms with Gasteiger partial charge in [-0.25, -0.2) is 0 Å². The number of ether oxygens (including phenoxy) is 3. The van der Waals surface area contributed by atoms with E-state index in [2.05, 4.69) is 41.6 Å². The van der Waals surface area contributed by atoms with Crippen LogP contribution in [0.4, 0.5) is 0 Å². The first-order valence-corrected chi connectivity index (χ1v) is 10.6. The maximum atomic E-state index is 5.90. The van der Waals surface area contributed by atoms with Gasteiger partial charge in [0.25, 0.3) is 0 Å². The number of nitrogens with one attached hydrogen (secondary N) is 2. The van der Waals surface area contributed by atoms with Crippen LogP contribution in [0.1, 0.15) is 51.0 Å². The van der Waals surface area contributed by atoms with Gasteiger partial charge >= 0.3 is 0 Å². The summed E-state index contributed by atoms with van der Waals surface area (Å²) >= 11 is 0. The van der Waals surface area contributed by atoms with Crippen molar-refractivity contribution in [1.29, 1.82) is 0 Å². The zero-order valence-electron chi connectivity index (χ0n) is 18.1. The average molecular weight is 519 g/mol. The monoisotopic (exact) mass is 519 g/mol. The van der Waals surface area contributed by atoms with Crippen LogP contribution in [0.2, 0.25) is 0 Å². The van der Waals surface area contributed by atoms with Crippen molar-refractivity contribution >= 4 is 29.9 Å². The van der Waals surface area contributed by atoms with Crippen molar-refractivity contribution in [2.75, 3.05) is 46.6 Å². The summed E-state index contributed by atoms with van der Waals surface area (Å²) in [5.41, 5.74) is 1.33. The van der Waals surface area contributed by atoms with Crippen LogP contribution in [0.15, 0.2) is 29.3 Å². The van der Waals surface area contributed by atoms with Crippen molar-refractivity contribution in [2.24, 2.45) is 4.99 Å². The number of hydrogen-bond acceptors (Lipinski definition) is 4. The first-order chi connectivity index (χ1) is 13.7. The van der Waals surface area contributed by atoms with E-state index in [1.165, 1.54) is 5.56 Å². The minimum atomic E-state index is 0. The third-order valence-electron chi connectivity index (χ3n) is 4.99. The molecule has 1 aliphatic rings. The van der Waals surface area contributed by atoms with Gasteiger partial charge < -0.3 is 24.8 Å². The smallest absolute Gasteiger partial charge is 0.191 e. The SMILES string of the molecule is CCNC(=NCCCOC1CCOCC1)NCCC(C)c1ccc(OC)cc1.I. The summed E-state index contributed by atoms with van der Waals surface area (Å²) in [6.45, 7) is 9.27. The van der Waals surface area contributed by atoms with Crippen LogP contribution < -0.4 is 15.4 Å². The van der Waals surface area contributed by atoms with E-state index in [9.17, 15) is 0 Å².